The van der Waals surface area contributed by atoms with Crippen molar-refractivity contribution < 1.29 is 19.0 Å². The fraction of sp³-hybridized carbons (Fsp3) is 0.308. The largest absolute Gasteiger partial charge is 0.496 e. The van der Waals surface area contributed by atoms with Crippen LogP contribution in [0.3, 0.4) is 0 Å². The summed E-state index contributed by atoms with van der Waals surface area (Å²) in [5.74, 6) is -0.963. The van der Waals surface area contributed by atoms with E-state index in [1.54, 1.807) is 19.2 Å². The maximum absolute atomic E-state index is 14.0. The summed E-state index contributed by atoms with van der Waals surface area (Å²) >= 11 is 0. The Morgan fingerprint density at radius 2 is 2.32 bits per heavy atom. The van der Waals surface area contributed by atoms with Crippen LogP contribution in [0, 0.1) is 12.7 Å². The molecule has 1 aromatic carbocycles. The summed E-state index contributed by atoms with van der Waals surface area (Å²) in [6, 6.07) is 0.550. The van der Waals surface area contributed by atoms with E-state index in [1.165, 1.54) is 7.11 Å². The first-order valence-electron chi connectivity index (χ1n) is 5.77. The van der Waals surface area contributed by atoms with Gasteiger partial charge in [0.2, 0.25) is 0 Å². The number of halogens is 1. The maximum Gasteiger partial charge on any atom is 0.320 e. The summed E-state index contributed by atoms with van der Waals surface area (Å²) in [5, 5.41) is 9.38. The topological polar surface area (TPSA) is 88.3 Å². The molecular weight excluding hydrogens is 251 g/mol. The monoisotopic (exact) mass is 266 g/mol. The van der Waals surface area contributed by atoms with Gasteiger partial charge in [-0.1, -0.05) is 0 Å². The lowest BCUT2D eigenvalue weighted by atomic mass is 10.0. The zero-order valence-electron chi connectivity index (χ0n) is 10.7. The van der Waals surface area contributed by atoms with Gasteiger partial charge in [-0.15, -0.1) is 0 Å². The lowest BCUT2D eigenvalue weighted by Gasteiger charge is -2.09. The molecule has 5 nitrogen and oxygen atoms in total. The van der Waals surface area contributed by atoms with E-state index >= 15 is 0 Å². The number of nitrogens with two attached hydrogens (primary N) is 1. The molecule has 19 heavy (non-hydrogen) atoms. The van der Waals surface area contributed by atoms with Crippen molar-refractivity contribution in [2.75, 3.05) is 7.11 Å². The molecule has 1 heterocycles. The number of nitrogens with one attached hydrogen (secondary N) is 1. The minimum absolute atomic E-state index is 0.105. The van der Waals surface area contributed by atoms with Crippen molar-refractivity contribution in [3.8, 4) is 5.75 Å². The average molecular weight is 266 g/mol. The van der Waals surface area contributed by atoms with Gasteiger partial charge in [0, 0.05) is 18.0 Å². The molecule has 2 rings (SSSR count). The molecule has 1 unspecified atom stereocenters. The lowest BCUT2D eigenvalue weighted by molar-refractivity contribution is -0.138. The number of rotatable bonds is 4. The summed E-state index contributed by atoms with van der Waals surface area (Å²) in [5.41, 5.74) is 6.90. The second-order valence-corrected chi connectivity index (χ2v) is 4.42. The second-order valence-electron chi connectivity index (χ2n) is 4.42. The predicted molar refractivity (Wildman–Crippen MR) is 68.9 cm³/mol. The zero-order chi connectivity index (χ0) is 14.2. The first-order chi connectivity index (χ1) is 8.95. The highest BCUT2D eigenvalue weighted by Gasteiger charge is 2.19. The van der Waals surface area contributed by atoms with Crippen LogP contribution >= 0.6 is 0 Å². The number of carboxylic acids is 1. The van der Waals surface area contributed by atoms with Gasteiger partial charge in [0.25, 0.3) is 0 Å². The lowest BCUT2D eigenvalue weighted by Crippen LogP contribution is -2.32. The summed E-state index contributed by atoms with van der Waals surface area (Å²) in [4.78, 5) is 13.6. The molecule has 0 radical (unpaired) electrons. The highest BCUT2D eigenvalue weighted by Crippen LogP contribution is 2.33. The van der Waals surface area contributed by atoms with Gasteiger partial charge < -0.3 is 20.6 Å². The second kappa shape index (κ2) is 4.89. The van der Waals surface area contributed by atoms with Gasteiger partial charge in [-0.3, -0.25) is 4.79 Å². The van der Waals surface area contributed by atoms with Gasteiger partial charge in [0.1, 0.15) is 17.6 Å². The van der Waals surface area contributed by atoms with E-state index in [-0.39, 0.29) is 12.2 Å². The van der Waals surface area contributed by atoms with Gasteiger partial charge in [-0.25, -0.2) is 4.39 Å². The van der Waals surface area contributed by atoms with Crippen molar-refractivity contribution in [2.45, 2.75) is 19.4 Å². The number of carbonyl (C=O) groups is 1. The van der Waals surface area contributed by atoms with Gasteiger partial charge in [-0.05, 0) is 24.1 Å². The summed E-state index contributed by atoms with van der Waals surface area (Å²) in [6.07, 6.45) is 1.67. The number of methoxy groups -OCH3 is 1. The Morgan fingerprint density at radius 3 is 2.89 bits per heavy atom. The fourth-order valence-electron chi connectivity index (χ4n) is 2.09. The van der Waals surface area contributed by atoms with Crippen LogP contribution in [0.25, 0.3) is 10.9 Å². The smallest absolute Gasteiger partial charge is 0.320 e. The van der Waals surface area contributed by atoms with Crippen LogP contribution < -0.4 is 10.5 Å². The van der Waals surface area contributed by atoms with Gasteiger partial charge in [0.05, 0.1) is 12.6 Å². The molecule has 0 saturated carbocycles. The van der Waals surface area contributed by atoms with E-state index < -0.39 is 12.0 Å². The highest BCUT2D eigenvalue weighted by atomic mass is 19.1. The Morgan fingerprint density at radius 1 is 1.63 bits per heavy atom. The van der Waals surface area contributed by atoms with E-state index in [1.807, 2.05) is 0 Å². The molecule has 0 amide bonds. The molecular formula is C13H15FN2O3. The molecule has 0 saturated heterocycles. The standard InChI is InChI=1S/C13H15FN2O3/c1-6-3-9(19-2)10-7(4-8(15)13(17)18)5-16-12(10)11(6)14/h3,5,8,16H,4,15H2,1-2H3,(H,17,18). The molecule has 1 aromatic heterocycles. The van der Waals surface area contributed by atoms with Crippen LogP contribution in [0.2, 0.25) is 0 Å². The fourth-order valence-corrected chi connectivity index (χ4v) is 2.09. The number of hydrogen-bond acceptors (Lipinski definition) is 3. The van der Waals surface area contributed by atoms with Crippen LogP contribution in [0.1, 0.15) is 11.1 Å². The van der Waals surface area contributed by atoms with Crippen LogP contribution in [-0.4, -0.2) is 29.2 Å². The van der Waals surface area contributed by atoms with Crippen molar-refractivity contribution >= 4 is 16.9 Å². The van der Waals surface area contributed by atoms with Crippen LogP contribution in [0.5, 0.6) is 5.75 Å². The Kier molecular flexibility index (Phi) is 3.44. The maximum atomic E-state index is 14.0. The summed E-state index contributed by atoms with van der Waals surface area (Å²) in [6.45, 7) is 1.64. The number of fused-ring (bicyclic) bond motifs is 1. The van der Waals surface area contributed by atoms with E-state index in [2.05, 4.69) is 4.98 Å². The van der Waals surface area contributed by atoms with Crippen LogP contribution in [-0.2, 0) is 11.2 Å². The normalized spacial score (nSPS) is 12.6. The molecule has 0 aliphatic carbocycles. The average Bonchev–Trinajstić information content (AvgIpc) is 2.78. The Hall–Kier alpha value is -2.08. The highest BCUT2D eigenvalue weighted by molar-refractivity contribution is 5.91. The Balaban J connectivity index is 2.58. The molecule has 2 aromatic rings. The first-order valence-corrected chi connectivity index (χ1v) is 5.77. The number of aromatic nitrogens is 1. The van der Waals surface area contributed by atoms with E-state index in [9.17, 15) is 9.18 Å². The van der Waals surface area contributed by atoms with Gasteiger partial charge in [-0.2, -0.15) is 0 Å². The molecule has 0 aliphatic heterocycles. The van der Waals surface area contributed by atoms with Gasteiger partial charge in [0.15, 0.2) is 0 Å². The summed E-state index contributed by atoms with van der Waals surface area (Å²) < 4.78 is 19.2. The van der Waals surface area contributed by atoms with Crippen molar-refractivity contribution in [1.82, 2.24) is 4.98 Å². The number of benzene rings is 1. The Labute approximate surface area is 109 Å². The number of aromatic amines is 1. The molecule has 0 aliphatic rings. The number of H-pyrrole nitrogens is 1. The minimum Gasteiger partial charge on any atom is -0.496 e. The molecule has 1 atom stereocenters. The molecule has 0 bridgehead atoms. The minimum atomic E-state index is -1.10. The van der Waals surface area contributed by atoms with E-state index in [0.717, 1.165) is 0 Å². The number of ether oxygens (including phenoxy) is 1. The molecule has 0 spiro atoms. The quantitative estimate of drug-likeness (QED) is 0.784. The molecule has 6 heteroatoms. The molecule has 4 N–H and O–H groups in total. The van der Waals surface area contributed by atoms with Crippen LogP contribution in [0.15, 0.2) is 12.3 Å². The predicted octanol–water partition coefficient (Wildman–Crippen LogP) is 1.58. The van der Waals surface area contributed by atoms with Crippen molar-refractivity contribution in [3.05, 3.63) is 29.2 Å². The third-order valence-electron chi connectivity index (χ3n) is 3.10. The number of aryl methyl sites for hydroxylation is 1. The molecule has 0 fully saturated rings. The van der Waals surface area contributed by atoms with E-state index in [0.29, 0.717) is 27.8 Å². The number of hydrogen-bond donors (Lipinski definition) is 3. The van der Waals surface area contributed by atoms with Crippen molar-refractivity contribution in [2.24, 2.45) is 5.73 Å². The molecule has 102 valence electrons. The zero-order valence-corrected chi connectivity index (χ0v) is 10.7. The SMILES string of the molecule is COc1cc(C)c(F)c2[nH]cc(CC(N)C(=O)O)c12. The third-order valence-corrected chi connectivity index (χ3v) is 3.10. The number of aliphatic carboxylic acids is 1. The first kappa shape index (κ1) is 13.4. The van der Waals surface area contributed by atoms with Crippen molar-refractivity contribution in [3.63, 3.8) is 0 Å². The summed E-state index contributed by atoms with van der Waals surface area (Å²) in [7, 11) is 1.49. The number of carboxylic acid groups (broad SMARTS) is 1. The van der Waals surface area contributed by atoms with Crippen LogP contribution in [0.4, 0.5) is 4.39 Å². The van der Waals surface area contributed by atoms with E-state index in [4.69, 9.17) is 15.6 Å². The Bertz CT molecular complexity index is 636. The van der Waals surface area contributed by atoms with Gasteiger partial charge >= 0.3 is 5.97 Å². The third kappa shape index (κ3) is 2.26. The van der Waals surface area contributed by atoms with Crippen molar-refractivity contribution in [1.29, 1.82) is 0 Å².